The number of imidazole rings is 1. The van der Waals surface area contributed by atoms with Gasteiger partial charge in [0.1, 0.15) is 12.4 Å². The quantitative estimate of drug-likeness (QED) is 0.579. The van der Waals surface area contributed by atoms with E-state index in [1.54, 1.807) is 6.92 Å². The average molecular weight is 284 g/mol. The van der Waals surface area contributed by atoms with Gasteiger partial charge in [-0.1, -0.05) is 32.6 Å². The highest BCUT2D eigenvalue weighted by Gasteiger charge is 2.06. The molecule has 0 aliphatic heterocycles. The summed E-state index contributed by atoms with van der Waals surface area (Å²) in [6.07, 6.45) is 13.4. The van der Waals surface area contributed by atoms with Crippen LogP contribution >= 0.6 is 0 Å². The van der Waals surface area contributed by atoms with E-state index in [0.29, 0.717) is 0 Å². The van der Waals surface area contributed by atoms with Crippen LogP contribution in [-0.4, -0.2) is 15.6 Å². The molecule has 1 rings (SSSR count). The summed E-state index contributed by atoms with van der Waals surface area (Å²) >= 11 is 0. The minimum Gasteiger partial charge on any atom is -0.550 e. The van der Waals surface area contributed by atoms with Gasteiger partial charge in [0.15, 0.2) is 6.23 Å². The van der Waals surface area contributed by atoms with Gasteiger partial charge in [0.05, 0.1) is 6.54 Å². The van der Waals surface area contributed by atoms with Crippen LogP contribution in [0.2, 0.25) is 0 Å². The molecule has 1 atom stereocenters. The van der Waals surface area contributed by atoms with Gasteiger partial charge in [0.2, 0.25) is 6.33 Å². The maximum Gasteiger partial charge on any atom is 0.245 e. The van der Waals surface area contributed by atoms with E-state index in [2.05, 4.69) is 11.5 Å². The number of carboxylic acid groups (broad SMARTS) is 1. The normalized spacial score (nSPS) is 11.6. The van der Waals surface area contributed by atoms with E-state index in [1.165, 1.54) is 38.5 Å². The highest BCUT2D eigenvalue weighted by molar-refractivity contribution is 5.60. The summed E-state index contributed by atoms with van der Waals surface area (Å²) < 4.78 is 3.96. The maximum absolute atomic E-state index is 9.36. The van der Waals surface area contributed by atoms with Crippen LogP contribution in [0.5, 0.6) is 0 Å². The van der Waals surface area contributed by atoms with Gasteiger partial charge in [-0.3, -0.25) is 0 Å². The fourth-order valence-electron chi connectivity index (χ4n) is 1.84. The summed E-state index contributed by atoms with van der Waals surface area (Å²) in [7, 11) is 0. The summed E-state index contributed by atoms with van der Waals surface area (Å²) in [5, 5.41) is 18.2. The Morgan fingerprint density at radius 2 is 1.85 bits per heavy atom. The molecule has 1 N–H and O–H groups in total. The number of aliphatic hydroxyl groups excluding tert-OH is 1. The number of nitrogens with zero attached hydrogens (tertiary/aromatic N) is 2. The number of hydrogen-bond acceptors (Lipinski definition) is 3. The zero-order valence-electron chi connectivity index (χ0n) is 12.9. The van der Waals surface area contributed by atoms with Gasteiger partial charge in [-0.2, -0.15) is 0 Å². The molecule has 5 heteroatoms. The second-order valence-corrected chi connectivity index (χ2v) is 4.99. The minimum atomic E-state index is -1.08. The first kappa shape index (κ1) is 18.6. The van der Waals surface area contributed by atoms with Crippen LogP contribution in [0.4, 0.5) is 0 Å². The molecule has 1 unspecified atom stereocenters. The molecule has 1 aromatic rings. The molecule has 0 spiro atoms. The number of carbonyl (C=O) groups excluding carboxylic acids is 1. The van der Waals surface area contributed by atoms with Crippen LogP contribution in [0.3, 0.4) is 0 Å². The van der Waals surface area contributed by atoms with Crippen molar-refractivity contribution in [3.8, 4) is 0 Å². The molecule has 0 aliphatic rings. The van der Waals surface area contributed by atoms with Crippen molar-refractivity contribution in [2.24, 2.45) is 0 Å². The standard InChI is InChI=1S/C13H25N2O.C2H4O2/c1-3-4-5-6-7-8-9-14-10-11-15(12-14)13(2)16;1-2(3)4/h10-13,16H,3-9H2,1-2H3;1H3,(H,3,4)/q+1;/p-1. The summed E-state index contributed by atoms with van der Waals surface area (Å²) in [5.41, 5.74) is 0. The lowest BCUT2D eigenvalue weighted by molar-refractivity contribution is -0.697. The third-order valence-electron chi connectivity index (χ3n) is 2.91. The number of aryl methyl sites for hydroxylation is 1. The van der Waals surface area contributed by atoms with Gasteiger partial charge in [-0.15, -0.1) is 0 Å². The van der Waals surface area contributed by atoms with E-state index < -0.39 is 12.2 Å². The third-order valence-corrected chi connectivity index (χ3v) is 2.91. The molecule has 0 amide bonds. The number of rotatable bonds is 8. The van der Waals surface area contributed by atoms with Crippen molar-refractivity contribution in [3.63, 3.8) is 0 Å². The fraction of sp³-hybridized carbons (Fsp3) is 0.733. The molecule has 116 valence electrons. The molecule has 0 saturated heterocycles. The van der Waals surface area contributed by atoms with E-state index in [0.717, 1.165) is 13.5 Å². The highest BCUT2D eigenvalue weighted by atomic mass is 16.4. The van der Waals surface area contributed by atoms with Crippen molar-refractivity contribution in [1.29, 1.82) is 0 Å². The first-order chi connectivity index (χ1) is 9.47. The second kappa shape index (κ2) is 11.5. The van der Waals surface area contributed by atoms with Crippen molar-refractivity contribution in [1.82, 2.24) is 4.57 Å². The van der Waals surface area contributed by atoms with Crippen LogP contribution in [0, 0.1) is 0 Å². The maximum atomic E-state index is 9.36. The Labute approximate surface area is 121 Å². The molecule has 0 aromatic carbocycles. The predicted molar refractivity (Wildman–Crippen MR) is 75.6 cm³/mol. The van der Waals surface area contributed by atoms with Gasteiger partial charge >= 0.3 is 0 Å². The van der Waals surface area contributed by atoms with Crippen molar-refractivity contribution < 1.29 is 19.6 Å². The van der Waals surface area contributed by atoms with Crippen molar-refractivity contribution >= 4 is 5.97 Å². The second-order valence-electron chi connectivity index (χ2n) is 4.99. The highest BCUT2D eigenvalue weighted by Crippen LogP contribution is 2.05. The average Bonchev–Trinajstić information content (AvgIpc) is 2.82. The van der Waals surface area contributed by atoms with Crippen molar-refractivity contribution in [2.75, 3.05) is 0 Å². The van der Waals surface area contributed by atoms with E-state index in [-0.39, 0.29) is 0 Å². The molecule has 1 heterocycles. The Hall–Kier alpha value is -1.36. The summed E-state index contributed by atoms with van der Waals surface area (Å²) in [6, 6.07) is 0. The van der Waals surface area contributed by atoms with E-state index >= 15 is 0 Å². The largest absolute Gasteiger partial charge is 0.550 e. The number of hydrogen-bond donors (Lipinski definition) is 1. The number of carbonyl (C=O) groups is 1. The SMILES string of the molecule is CC(=O)[O-].CCCCCCCC[n+]1ccn(C(C)O)c1. The molecule has 0 saturated carbocycles. The van der Waals surface area contributed by atoms with Crippen molar-refractivity contribution in [2.45, 2.75) is 72.1 Å². The summed E-state index contributed by atoms with van der Waals surface area (Å²) in [4.78, 5) is 8.89. The monoisotopic (exact) mass is 284 g/mol. The molecular weight excluding hydrogens is 256 g/mol. The van der Waals surface area contributed by atoms with Crippen LogP contribution in [0.25, 0.3) is 0 Å². The fourth-order valence-corrected chi connectivity index (χ4v) is 1.84. The first-order valence-corrected chi connectivity index (χ1v) is 7.39. The molecule has 0 bridgehead atoms. The number of aliphatic carboxylic acids is 1. The van der Waals surface area contributed by atoms with Gasteiger partial charge in [-0.05, 0) is 19.8 Å². The number of aliphatic hydroxyl groups is 1. The Bertz CT molecular complexity index is 358. The Balaban J connectivity index is 0.000000796. The molecule has 0 fully saturated rings. The van der Waals surface area contributed by atoms with Crippen LogP contribution in [0.15, 0.2) is 18.7 Å². The summed E-state index contributed by atoms with van der Waals surface area (Å²) in [6.45, 7) is 6.05. The third kappa shape index (κ3) is 10.6. The van der Waals surface area contributed by atoms with Crippen LogP contribution in [-0.2, 0) is 11.3 Å². The van der Waals surface area contributed by atoms with Crippen molar-refractivity contribution in [3.05, 3.63) is 18.7 Å². The summed E-state index contributed by atoms with van der Waals surface area (Å²) in [5.74, 6) is -1.08. The van der Waals surface area contributed by atoms with Gasteiger partial charge in [0, 0.05) is 12.9 Å². The van der Waals surface area contributed by atoms with Crippen LogP contribution in [0.1, 0.15) is 65.5 Å². The van der Waals surface area contributed by atoms with E-state index in [9.17, 15) is 5.11 Å². The number of unbranched alkanes of at least 4 members (excludes halogenated alkanes) is 5. The number of carboxylic acids is 1. The van der Waals surface area contributed by atoms with E-state index in [1.807, 2.05) is 23.3 Å². The van der Waals surface area contributed by atoms with Gasteiger partial charge in [0.25, 0.3) is 0 Å². The van der Waals surface area contributed by atoms with Crippen LogP contribution < -0.4 is 9.67 Å². The van der Waals surface area contributed by atoms with E-state index in [4.69, 9.17) is 9.90 Å². The Morgan fingerprint density at radius 3 is 2.35 bits per heavy atom. The minimum absolute atomic E-state index is 0.425. The zero-order chi connectivity index (χ0) is 15.4. The topological polar surface area (TPSA) is 69.2 Å². The molecule has 1 aromatic heterocycles. The molecule has 5 nitrogen and oxygen atoms in total. The zero-order valence-corrected chi connectivity index (χ0v) is 12.9. The molecular formula is C15H28N2O3. The van der Waals surface area contributed by atoms with Gasteiger partial charge < -0.3 is 15.0 Å². The number of aromatic nitrogens is 2. The predicted octanol–water partition coefficient (Wildman–Crippen LogP) is 1.40. The molecule has 0 aliphatic carbocycles. The lowest BCUT2D eigenvalue weighted by atomic mass is 10.1. The Morgan fingerprint density at radius 1 is 1.30 bits per heavy atom. The Kier molecular flexibility index (Phi) is 10.7. The van der Waals surface area contributed by atoms with Gasteiger partial charge in [-0.25, -0.2) is 9.13 Å². The molecule has 0 radical (unpaired) electrons. The lowest BCUT2D eigenvalue weighted by Crippen LogP contribution is -2.31. The first-order valence-electron chi connectivity index (χ1n) is 7.39. The smallest absolute Gasteiger partial charge is 0.245 e. The molecule has 20 heavy (non-hydrogen) atoms. The lowest BCUT2D eigenvalue weighted by Gasteiger charge is -1.99.